The van der Waals surface area contributed by atoms with E-state index in [1.165, 1.54) is 12.8 Å². The van der Waals surface area contributed by atoms with E-state index in [2.05, 4.69) is 0 Å². The molecule has 1 aliphatic heterocycles. The van der Waals surface area contributed by atoms with Crippen molar-refractivity contribution in [2.45, 2.75) is 25.4 Å². The number of hydrogen-bond acceptors (Lipinski definition) is 3. The Labute approximate surface area is 113 Å². The largest absolute Gasteiger partial charge is 0.491 e. The van der Waals surface area contributed by atoms with Crippen LogP contribution < -0.4 is 4.74 Å². The van der Waals surface area contributed by atoms with Gasteiger partial charge in [0.2, 0.25) is 0 Å². The van der Waals surface area contributed by atoms with Crippen LogP contribution in [0.4, 0.5) is 0 Å². The van der Waals surface area contributed by atoms with Gasteiger partial charge in [-0.1, -0.05) is 0 Å². The van der Waals surface area contributed by atoms with Gasteiger partial charge in [0.1, 0.15) is 18.1 Å². The fourth-order valence-corrected chi connectivity index (χ4v) is 2.29. The number of hydrogen-bond donors (Lipinski definition) is 0. The van der Waals surface area contributed by atoms with Gasteiger partial charge in [0, 0.05) is 12.2 Å². The summed E-state index contributed by atoms with van der Waals surface area (Å²) in [4.78, 5) is 0. The third kappa shape index (κ3) is 3.18. The fourth-order valence-electron chi connectivity index (χ4n) is 2.29. The lowest BCUT2D eigenvalue weighted by Gasteiger charge is -2.22. The van der Waals surface area contributed by atoms with E-state index in [0.717, 1.165) is 30.1 Å². The maximum Gasteiger partial charge on any atom is 0.133 e. The number of rotatable bonds is 4. The second-order valence-corrected chi connectivity index (χ2v) is 4.80. The minimum absolute atomic E-state index is 0.249. The zero-order chi connectivity index (χ0) is 12.9. The zero-order valence-electron chi connectivity index (χ0n) is 10.9. The summed E-state index contributed by atoms with van der Waals surface area (Å²) in [6.45, 7) is 1.51. The van der Waals surface area contributed by atoms with Crippen LogP contribution in [0, 0.1) is 0 Å². The van der Waals surface area contributed by atoms with E-state index in [4.69, 9.17) is 13.9 Å². The first kappa shape index (κ1) is 12.3. The molecule has 0 aliphatic carbocycles. The van der Waals surface area contributed by atoms with Crippen molar-refractivity contribution in [3.05, 3.63) is 42.7 Å². The van der Waals surface area contributed by atoms with Gasteiger partial charge in [-0.15, -0.1) is 0 Å². The summed E-state index contributed by atoms with van der Waals surface area (Å²) in [5, 5.41) is 0. The molecule has 3 rings (SSSR count). The molecule has 0 bridgehead atoms. The predicted molar refractivity (Wildman–Crippen MR) is 73.2 cm³/mol. The Morgan fingerprint density at radius 1 is 1.11 bits per heavy atom. The monoisotopic (exact) mass is 258 g/mol. The lowest BCUT2D eigenvalue weighted by atomic mass is 10.1. The molecule has 1 aliphatic rings. The van der Waals surface area contributed by atoms with Gasteiger partial charge in [0.15, 0.2) is 0 Å². The third-order valence-electron chi connectivity index (χ3n) is 3.37. The lowest BCUT2D eigenvalue weighted by Crippen LogP contribution is -2.25. The van der Waals surface area contributed by atoms with Gasteiger partial charge >= 0.3 is 0 Å². The third-order valence-corrected chi connectivity index (χ3v) is 3.37. The summed E-state index contributed by atoms with van der Waals surface area (Å²) >= 11 is 0. The van der Waals surface area contributed by atoms with Gasteiger partial charge in [-0.25, -0.2) is 0 Å². The molecule has 1 aromatic carbocycles. The Morgan fingerprint density at radius 2 is 2.00 bits per heavy atom. The molecule has 19 heavy (non-hydrogen) atoms. The molecule has 1 fully saturated rings. The molecule has 1 saturated heterocycles. The minimum Gasteiger partial charge on any atom is -0.491 e. The van der Waals surface area contributed by atoms with Crippen LogP contribution in [0.1, 0.15) is 19.3 Å². The maximum atomic E-state index is 5.76. The summed E-state index contributed by atoms with van der Waals surface area (Å²) < 4.78 is 16.8. The topological polar surface area (TPSA) is 31.6 Å². The molecule has 1 aromatic heterocycles. The smallest absolute Gasteiger partial charge is 0.133 e. The maximum absolute atomic E-state index is 5.76. The van der Waals surface area contributed by atoms with Crippen LogP contribution >= 0.6 is 0 Å². The molecule has 0 N–H and O–H groups in total. The molecular weight excluding hydrogens is 240 g/mol. The van der Waals surface area contributed by atoms with Crippen molar-refractivity contribution >= 4 is 0 Å². The van der Waals surface area contributed by atoms with E-state index in [0.29, 0.717) is 6.61 Å². The molecule has 3 heteroatoms. The molecule has 100 valence electrons. The molecule has 0 saturated carbocycles. The number of ether oxygens (including phenoxy) is 2. The molecule has 2 heterocycles. The van der Waals surface area contributed by atoms with Gasteiger partial charge in [-0.3, -0.25) is 0 Å². The molecule has 1 atom stereocenters. The van der Waals surface area contributed by atoms with Crippen LogP contribution in [-0.4, -0.2) is 19.3 Å². The molecule has 0 amide bonds. The van der Waals surface area contributed by atoms with Crippen LogP contribution in [0.25, 0.3) is 11.3 Å². The fraction of sp³-hybridized carbons (Fsp3) is 0.375. The Bertz CT molecular complexity index is 481. The first-order valence-electron chi connectivity index (χ1n) is 6.80. The average Bonchev–Trinajstić information content (AvgIpc) is 3.01. The summed E-state index contributed by atoms with van der Waals surface area (Å²) in [6.07, 6.45) is 5.45. The highest BCUT2D eigenvalue weighted by Crippen LogP contribution is 2.23. The van der Waals surface area contributed by atoms with Gasteiger partial charge in [0.25, 0.3) is 0 Å². The first-order valence-corrected chi connectivity index (χ1v) is 6.80. The Balaban J connectivity index is 1.57. The average molecular weight is 258 g/mol. The summed E-state index contributed by atoms with van der Waals surface area (Å²) in [6, 6.07) is 11.8. The van der Waals surface area contributed by atoms with E-state index >= 15 is 0 Å². The Morgan fingerprint density at radius 3 is 2.68 bits per heavy atom. The van der Waals surface area contributed by atoms with Crippen molar-refractivity contribution in [2.24, 2.45) is 0 Å². The summed E-state index contributed by atoms with van der Waals surface area (Å²) in [5.74, 6) is 1.76. The lowest BCUT2D eigenvalue weighted by molar-refractivity contribution is -0.0110. The molecular formula is C16H18O3. The molecule has 3 nitrogen and oxygen atoms in total. The van der Waals surface area contributed by atoms with Crippen molar-refractivity contribution in [3.8, 4) is 17.1 Å². The normalized spacial score (nSPS) is 19.3. The summed E-state index contributed by atoms with van der Waals surface area (Å²) in [7, 11) is 0. The quantitative estimate of drug-likeness (QED) is 0.833. The van der Waals surface area contributed by atoms with Crippen molar-refractivity contribution in [2.75, 3.05) is 13.2 Å². The second kappa shape index (κ2) is 5.93. The molecule has 2 aromatic rings. The second-order valence-electron chi connectivity index (χ2n) is 4.80. The number of furan rings is 1. The van der Waals surface area contributed by atoms with E-state index in [-0.39, 0.29) is 6.10 Å². The van der Waals surface area contributed by atoms with E-state index in [1.807, 2.05) is 36.4 Å². The minimum atomic E-state index is 0.249. The predicted octanol–water partition coefficient (Wildman–Crippen LogP) is 3.89. The van der Waals surface area contributed by atoms with Crippen LogP contribution in [0.15, 0.2) is 47.1 Å². The van der Waals surface area contributed by atoms with Crippen LogP contribution in [0.2, 0.25) is 0 Å². The van der Waals surface area contributed by atoms with Gasteiger partial charge < -0.3 is 13.9 Å². The molecule has 0 spiro atoms. The van der Waals surface area contributed by atoms with Crippen molar-refractivity contribution in [3.63, 3.8) is 0 Å². The van der Waals surface area contributed by atoms with Crippen molar-refractivity contribution in [1.82, 2.24) is 0 Å². The zero-order valence-corrected chi connectivity index (χ0v) is 10.9. The number of benzene rings is 1. The van der Waals surface area contributed by atoms with Gasteiger partial charge in [-0.05, 0) is 55.7 Å². The van der Waals surface area contributed by atoms with E-state index in [1.54, 1.807) is 6.26 Å². The highest BCUT2D eigenvalue weighted by molar-refractivity contribution is 5.58. The molecule has 1 unspecified atom stereocenters. The Kier molecular flexibility index (Phi) is 3.84. The van der Waals surface area contributed by atoms with Crippen LogP contribution in [-0.2, 0) is 4.74 Å². The van der Waals surface area contributed by atoms with Crippen molar-refractivity contribution < 1.29 is 13.9 Å². The highest BCUT2D eigenvalue weighted by Gasteiger charge is 2.14. The highest BCUT2D eigenvalue weighted by atomic mass is 16.5. The van der Waals surface area contributed by atoms with E-state index < -0.39 is 0 Å². The van der Waals surface area contributed by atoms with Crippen LogP contribution in [0.3, 0.4) is 0 Å². The van der Waals surface area contributed by atoms with Gasteiger partial charge in [-0.2, -0.15) is 0 Å². The summed E-state index contributed by atoms with van der Waals surface area (Å²) in [5.41, 5.74) is 1.06. The SMILES string of the molecule is c1coc(-c2ccc(OCC3CCCCO3)cc2)c1. The van der Waals surface area contributed by atoms with Crippen molar-refractivity contribution in [1.29, 1.82) is 0 Å². The van der Waals surface area contributed by atoms with Gasteiger partial charge in [0.05, 0.1) is 12.4 Å². The molecule has 0 radical (unpaired) electrons. The van der Waals surface area contributed by atoms with E-state index in [9.17, 15) is 0 Å². The van der Waals surface area contributed by atoms with Crippen LogP contribution in [0.5, 0.6) is 5.75 Å². The standard InChI is InChI=1S/C16H18O3/c1-2-10-17-15(4-1)12-19-14-8-6-13(7-9-14)16-5-3-11-18-16/h3,5-9,11,15H,1-2,4,10,12H2. The Hall–Kier alpha value is -1.74. The first-order chi connectivity index (χ1) is 9.42.